The van der Waals surface area contributed by atoms with E-state index in [2.05, 4.69) is 18.4 Å². The van der Waals surface area contributed by atoms with Gasteiger partial charge in [0.2, 0.25) is 0 Å². The lowest BCUT2D eigenvalue weighted by Gasteiger charge is -2.33. The fraction of sp³-hybridized carbons (Fsp3) is 0.320. The topological polar surface area (TPSA) is 44.8 Å². The highest BCUT2D eigenvalue weighted by atomic mass is 16.7. The lowest BCUT2D eigenvalue weighted by molar-refractivity contribution is -0.246. The van der Waals surface area contributed by atoms with Crippen molar-refractivity contribution in [3.63, 3.8) is 0 Å². The number of benzene rings is 2. The van der Waals surface area contributed by atoms with Crippen molar-refractivity contribution < 1.29 is 19.0 Å². The zero-order chi connectivity index (χ0) is 21.0. The molecule has 4 nitrogen and oxygen atoms in total. The van der Waals surface area contributed by atoms with Gasteiger partial charge in [0.25, 0.3) is 0 Å². The molecule has 152 valence electrons. The number of hydrogen-bond acceptors (Lipinski definition) is 4. The molecule has 0 aliphatic rings. The van der Waals surface area contributed by atoms with Crippen molar-refractivity contribution in [2.45, 2.75) is 45.7 Å². The zero-order valence-corrected chi connectivity index (χ0v) is 17.1. The Morgan fingerprint density at radius 2 is 1.48 bits per heavy atom. The molecular weight excluding hydrogens is 364 g/mol. The number of esters is 1. The predicted octanol–water partition coefficient (Wildman–Crippen LogP) is 5.04. The van der Waals surface area contributed by atoms with Gasteiger partial charge in [0, 0.05) is 13.3 Å². The summed E-state index contributed by atoms with van der Waals surface area (Å²) in [5, 5.41) is 0. The van der Waals surface area contributed by atoms with Crippen LogP contribution in [0.15, 0.2) is 72.8 Å². The Labute approximate surface area is 173 Å². The highest BCUT2D eigenvalue weighted by Crippen LogP contribution is 2.29. The largest absolute Gasteiger partial charge is 0.461 e. The van der Waals surface area contributed by atoms with E-state index in [1.807, 2.05) is 60.7 Å². The predicted molar refractivity (Wildman–Crippen MR) is 114 cm³/mol. The Morgan fingerprint density at radius 3 is 1.93 bits per heavy atom. The molecule has 0 heterocycles. The van der Waals surface area contributed by atoms with E-state index in [0.717, 1.165) is 11.1 Å². The number of carbonyl (C=O) groups excluding carboxylic acids is 1. The van der Waals surface area contributed by atoms with Gasteiger partial charge in [-0.25, -0.2) is 0 Å². The summed E-state index contributed by atoms with van der Waals surface area (Å²) in [5.41, 5.74) is 2.78. The van der Waals surface area contributed by atoms with Crippen molar-refractivity contribution in [2.24, 2.45) is 0 Å². The summed E-state index contributed by atoms with van der Waals surface area (Å²) in [6.07, 6.45) is 0.747. The quantitative estimate of drug-likeness (QED) is 0.233. The molecule has 0 radical (unpaired) electrons. The summed E-state index contributed by atoms with van der Waals surface area (Å²) >= 11 is 0. The maximum atomic E-state index is 11.2. The summed E-state index contributed by atoms with van der Waals surface area (Å²) in [6.45, 7) is 8.08. The molecule has 0 unspecified atom stereocenters. The first-order chi connectivity index (χ1) is 14.0. The van der Waals surface area contributed by atoms with Crippen LogP contribution < -0.4 is 0 Å². The third-order valence-electron chi connectivity index (χ3n) is 4.22. The minimum atomic E-state index is -0.994. The smallest absolute Gasteiger partial charge is 0.302 e. The van der Waals surface area contributed by atoms with Gasteiger partial charge in [-0.15, -0.1) is 5.92 Å². The first-order valence-electron chi connectivity index (χ1n) is 9.58. The van der Waals surface area contributed by atoms with Gasteiger partial charge in [-0.1, -0.05) is 73.2 Å². The van der Waals surface area contributed by atoms with E-state index < -0.39 is 5.79 Å². The Bertz CT molecular complexity index is 788. The molecule has 0 aliphatic heterocycles. The van der Waals surface area contributed by atoms with E-state index in [-0.39, 0.29) is 12.6 Å². The summed E-state index contributed by atoms with van der Waals surface area (Å²) in [5.74, 6) is 4.66. The average Bonchev–Trinajstić information content (AvgIpc) is 2.75. The highest BCUT2D eigenvalue weighted by Gasteiger charge is 2.33. The molecule has 0 aliphatic carbocycles. The van der Waals surface area contributed by atoms with Crippen molar-refractivity contribution >= 4 is 5.97 Å². The van der Waals surface area contributed by atoms with E-state index >= 15 is 0 Å². The van der Waals surface area contributed by atoms with Gasteiger partial charge in [-0.2, -0.15) is 0 Å². The number of carbonyl (C=O) groups is 1. The van der Waals surface area contributed by atoms with Crippen LogP contribution in [0.3, 0.4) is 0 Å². The molecule has 0 aromatic heterocycles. The average molecular weight is 392 g/mol. The molecule has 0 spiro atoms. The molecule has 0 atom stereocenters. The second-order valence-corrected chi connectivity index (χ2v) is 6.77. The van der Waals surface area contributed by atoms with Gasteiger partial charge < -0.3 is 14.2 Å². The van der Waals surface area contributed by atoms with Crippen molar-refractivity contribution in [2.75, 3.05) is 6.61 Å². The van der Waals surface area contributed by atoms with Crippen LogP contribution >= 0.6 is 0 Å². The molecule has 0 saturated heterocycles. The molecule has 2 rings (SSSR count). The lowest BCUT2D eigenvalue weighted by atomic mass is 10.0. The van der Waals surface area contributed by atoms with Crippen LogP contribution in [0.4, 0.5) is 0 Å². The van der Waals surface area contributed by atoms with Gasteiger partial charge in [0.1, 0.15) is 6.61 Å². The van der Waals surface area contributed by atoms with Crippen LogP contribution in [0.2, 0.25) is 0 Å². The van der Waals surface area contributed by atoms with Crippen molar-refractivity contribution in [1.82, 2.24) is 0 Å². The van der Waals surface area contributed by atoms with Crippen LogP contribution in [0.25, 0.3) is 0 Å². The van der Waals surface area contributed by atoms with Gasteiger partial charge in [-0.3, -0.25) is 4.79 Å². The number of hydrogen-bond donors (Lipinski definition) is 0. The van der Waals surface area contributed by atoms with Gasteiger partial charge in [-0.05, 0) is 23.6 Å². The van der Waals surface area contributed by atoms with E-state index in [4.69, 9.17) is 14.2 Å². The second kappa shape index (κ2) is 11.9. The molecule has 2 aromatic rings. The summed E-state index contributed by atoms with van der Waals surface area (Å²) in [6, 6.07) is 19.8. The molecular formula is C25H28O4. The van der Waals surface area contributed by atoms with Crippen molar-refractivity contribution in [3.05, 3.63) is 83.9 Å². The van der Waals surface area contributed by atoms with Crippen LogP contribution in [-0.2, 0) is 32.2 Å². The molecule has 0 amide bonds. The lowest BCUT2D eigenvalue weighted by Crippen LogP contribution is -2.36. The third kappa shape index (κ3) is 8.35. The second-order valence-electron chi connectivity index (χ2n) is 6.77. The first-order valence-corrected chi connectivity index (χ1v) is 9.58. The first kappa shape index (κ1) is 22.4. The minimum Gasteiger partial charge on any atom is -0.461 e. The number of rotatable bonds is 11. The van der Waals surface area contributed by atoms with Gasteiger partial charge >= 0.3 is 5.97 Å². The fourth-order valence-electron chi connectivity index (χ4n) is 2.75. The Hall–Kier alpha value is -2.87. The fourth-order valence-corrected chi connectivity index (χ4v) is 2.75. The van der Waals surface area contributed by atoms with Gasteiger partial charge in [0.05, 0.1) is 19.6 Å². The molecule has 0 saturated carbocycles. The van der Waals surface area contributed by atoms with E-state index in [9.17, 15) is 4.79 Å². The van der Waals surface area contributed by atoms with Crippen LogP contribution in [0, 0.1) is 11.8 Å². The Morgan fingerprint density at radius 1 is 0.966 bits per heavy atom. The molecule has 0 N–H and O–H groups in total. The summed E-state index contributed by atoms with van der Waals surface area (Å²) in [4.78, 5) is 11.2. The van der Waals surface area contributed by atoms with E-state index in [1.54, 1.807) is 6.92 Å². The number of ether oxygens (including phenoxy) is 3. The monoisotopic (exact) mass is 392 g/mol. The molecule has 4 heteroatoms. The molecule has 2 aromatic carbocycles. The molecule has 0 fully saturated rings. The third-order valence-corrected chi connectivity index (χ3v) is 4.22. The summed E-state index contributed by atoms with van der Waals surface area (Å²) in [7, 11) is 0. The zero-order valence-electron chi connectivity index (χ0n) is 17.1. The maximum absolute atomic E-state index is 11.2. The Kier molecular flexibility index (Phi) is 9.17. The molecule has 0 bridgehead atoms. The maximum Gasteiger partial charge on any atom is 0.302 e. The van der Waals surface area contributed by atoms with Crippen LogP contribution in [-0.4, -0.2) is 18.4 Å². The molecule has 29 heavy (non-hydrogen) atoms. The normalized spacial score (nSPS) is 10.7. The van der Waals surface area contributed by atoms with Gasteiger partial charge in [0.15, 0.2) is 5.79 Å². The SMILES string of the molecule is C=C(COC(C)=O)CC(CC#CC)(OCc1ccccc1)OCc1ccccc1. The van der Waals surface area contributed by atoms with Crippen LogP contribution in [0.1, 0.15) is 37.8 Å². The van der Waals surface area contributed by atoms with Crippen molar-refractivity contribution in [3.8, 4) is 11.8 Å². The standard InChI is InChI=1S/C25H28O4/c1-4-5-16-25(17-21(2)18-27-22(3)26,28-19-23-12-8-6-9-13-23)29-20-24-14-10-7-11-15-24/h6-15H,2,16-20H2,1,3H3. The summed E-state index contributed by atoms with van der Waals surface area (Å²) < 4.78 is 17.7. The van der Waals surface area contributed by atoms with E-state index in [1.165, 1.54) is 6.92 Å². The highest BCUT2D eigenvalue weighted by molar-refractivity contribution is 5.66. The minimum absolute atomic E-state index is 0.125. The van der Waals surface area contributed by atoms with E-state index in [0.29, 0.717) is 31.6 Å². The van der Waals surface area contributed by atoms with Crippen LogP contribution in [0.5, 0.6) is 0 Å². The Balaban J connectivity index is 2.19. The van der Waals surface area contributed by atoms with Crippen molar-refractivity contribution in [1.29, 1.82) is 0 Å².